The molecule has 3 heterocycles. The average Bonchev–Trinajstić information content (AvgIpc) is 2.99. The minimum Gasteiger partial charge on any atom is -0.400 e. The summed E-state index contributed by atoms with van der Waals surface area (Å²) in [5.41, 5.74) is 9.46. The number of aryl methyl sites for hydroxylation is 1. The molecule has 4 rings (SSSR count). The molecule has 1 fully saturated rings. The molecule has 0 amide bonds. The van der Waals surface area contributed by atoms with Crippen molar-refractivity contribution in [2.75, 3.05) is 19.9 Å². The molecule has 8 heteroatoms. The number of aliphatic imine (C=N–C) groups is 1. The van der Waals surface area contributed by atoms with E-state index in [0.29, 0.717) is 12.2 Å². The number of nitrogens with zero attached hydrogens (tertiary/aromatic N) is 3. The van der Waals surface area contributed by atoms with Gasteiger partial charge in [-0.25, -0.2) is 18.7 Å². The molecule has 3 N–H and O–H groups in total. The molecule has 29 heavy (non-hydrogen) atoms. The van der Waals surface area contributed by atoms with Crippen LogP contribution >= 0.6 is 11.3 Å². The maximum atomic E-state index is 13.1. The summed E-state index contributed by atoms with van der Waals surface area (Å²) in [5.74, 6) is -1.97. The highest BCUT2D eigenvalue weighted by molar-refractivity contribution is 7.18. The zero-order chi connectivity index (χ0) is 21.2. The van der Waals surface area contributed by atoms with Crippen LogP contribution in [0.5, 0.6) is 0 Å². The number of hydrogen-bond acceptors (Lipinski definition) is 6. The van der Waals surface area contributed by atoms with Crippen molar-refractivity contribution in [2.45, 2.75) is 32.1 Å². The van der Waals surface area contributed by atoms with Crippen molar-refractivity contribution in [2.24, 2.45) is 10.9 Å². The number of fused-ring (bicyclic) bond motifs is 1. The second kappa shape index (κ2) is 8.51. The lowest BCUT2D eigenvalue weighted by Crippen LogP contribution is -2.36. The molecule has 154 valence electrons. The molecule has 5 nitrogen and oxygen atoms in total. The van der Waals surface area contributed by atoms with Gasteiger partial charge in [-0.15, -0.1) is 11.3 Å². The standard InChI is InChI=1S/C20H20F2N4S.CH4O/c1-11-15-3-4-16(13-6-14(9-24-2)18(23)25-10-13)26-19(15)27-17(11)5-12-7-20(21,22)8-12;1-2/h3-4,6,9-10,12H,5,7-8H2,1-2H3,(H2,23,25);2H,1H3. The van der Waals surface area contributed by atoms with Crippen LogP contribution in [0, 0.1) is 12.8 Å². The van der Waals surface area contributed by atoms with Crippen LogP contribution in [0.2, 0.25) is 0 Å². The third-order valence-electron chi connectivity index (χ3n) is 5.06. The van der Waals surface area contributed by atoms with Crippen molar-refractivity contribution >= 4 is 33.6 Å². The van der Waals surface area contributed by atoms with Gasteiger partial charge in [0.05, 0.1) is 5.69 Å². The monoisotopic (exact) mass is 418 g/mol. The average molecular weight is 419 g/mol. The molecule has 0 aliphatic heterocycles. The molecule has 0 radical (unpaired) electrons. The van der Waals surface area contributed by atoms with E-state index in [4.69, 9.17) is 15.8 Å². The van der Waals surface area contributed by atoms with Gasteiger partial charge in [-0.3, -0.25) is 4.99 Å². The molecule has 0 unspecified atom stereocenters. The van der Waals surface area contributed by atoms with Crippen LogP contribution in [0.1, 0.15) is 28.8 Å². The van der Waals surface area contributed by atoms with Gasteiger partial charge >= 0.3 is 0 Å². The summed E-state index contributed by atoms with van der Waals surface area (Å²) >= 11 is 1.60. The van der Waals surface area contributed by atoms with E-state index in [1.807, 2.05) is 25.1 Å². The van der Waals surface area contributed by atoms with E-state index in [1.54, 1.807) is 30.8 Å². The van der Waals surface area contributed by atoms with Crippen LogP contribution < -0.4 is 5.73 Å². The van der Waals surface area contributed by atoms with E-state index in [1.165, 1.54) is 0 Å². The van der Waals surface area contributed by atoms with Crippen LogP contribution in [-0.2, 0) is 6.42 Å². The second-order valence-electron chi connectivity index (χ2n) is 7.12. The Morgan fingerprint density at radius 3 is 2.72 bits per heavy atom. The number of aliphatic hydroxyl groups is 1. The first-order valence-electron chi connectivity index (χ1n) is 9.26. The zero-order valence-electron chi connectivity index (χ0n) is 16.6. The Hall–Kier alpha value is -2.45. The first-order chi connectivity index (χ1) is 13.9. The third kappa shape index (κ3) is 4.43. The summed E-state index contributed by atoms with van der Waals surface area (Å²) in [5, 5.41) is 8.09. The number of thiophene rings is 1. The maximum Gasteiger partial charge on any atom is 0.248 e. The topological polar surface area (TPSA) is 84.4 Å². The van der Waals surface area contributed by atoms with Gasteiger partial charge < -0.3 is 10.8 Å². The number of nitrogen functional groups attached to an aromatic ring is 1. The molecule has 1 saturated carbocycles. The molecule has 0 spiro atoms. The van der Waals surface area contributed by atoms with Crippen molar-refractivity contribution in [1.82, 2.24) is 9.97 Å². The normalized spacial score (nSPS) is 15.9. The van der Waals surface area contributed by atoms with E-state index in [2.05, 4.69) is 9.98 Å². The number of anilines is 1. The van der Waals surface area contributed by atoms with Crippen LogP contribution in [0.3, 0.4) is 0 Å². The zero-order valence-corrected chi connectivity index (χ0v) is 17.4. The Labute approximate surface area is 172 Å². The van der Waals surface area contributed by atoms with E-state index >= 15 is 0 Å². The number of rotatable bonds is 4. The lowest BCUT2D eigenvalue weighted by atomic mass is 9.78. The number of pyridine rings is 2. The predicted octanol–water partition coefficient (Wildman–Crippen LogP) is 4.49. The summed E-state index contributed by atoms with van der Waals surface area (Å²) in [6.45, 7) is 2.05. The highest BCUT2D eigenvalue weighted by Gasteiger charge is 2.45. The number of halogens is 2. The van der Waals surface area contributed by atoms with E-state index < -0.39 is 5.92 Å². The van der Waals surface area contributed by atoms with Crippen LogP contribution in [0.25, 0.3) is 21.5 Å². The number of aliphatic hydroxyl groups excluding tert-OH is 1. The number of aromatic nitrogens is 2. The number of alkyl halides is 2. The number of hydrogen-bond donors (Lipinski definition) is 2. The van der Waals surface area contributed by atoms with Gasteiger partial charge in [-0.1, -0.05) is 0 Å². The first kappa shape index (κ1) is 21.3. The molecule has 0 bridgehead atoms. The summed E-state index contributed by atoms with van der Waals surface area (Å²) in [7, 11) is 2.68. The molecule has 1 aliphatic rings. The van der Waals surface area contributed by atoms with Crippen molar-refractivity contribution < 1.29 is 13.9 Å². The van der Waals surface area contributed by atoms with Crippen molar-refractivity contribution in [3.8, 4) is 11.3 Å². The highest BCUT2D eigenvalue weighted by atomic mass is 32.1. The van der Waals surface area contributed by atoms with Gasteiger partial charge in [0.2, 0.25) is 5.92 Å². The van der Waals surface area contributed by atoms with Gasteiger partial charge in [-0.05, 0) is 43.0 Å². The summed E-state index contributed by atoms with van der Waals surface area (Å²) < 4.78 is 26.2. The smallest absolute Gasteiger partial charge is 0.248 e. The SMILES string of the molecule is CN=Cc1cc(-c2ccc3c(C)c(CC4CC(F)(F)C4)sc3n2)cnc1N.CO. The second-order valence-corrected chi connectivity index (χ2v) is 8.20. The molecule has 3 aromatic rings. The minimum atomic E-state index is -2.47. The maximum absolute atomic E-state index is 13.1. The largest absolute Gasteiger partial charge is 0.400 e. The van der Waals surface area contributed by atoms with Gasteiger partial charge in [0.1, 0.15) is 10.6 Å². The van der Waals surface area contributed by atoms with Crippen molar-refractivity contribution in [1.29, 1.82) is 0 Å². The third-order valence-corrected chi connectivity index (χ3v) is 6.29. The lowest BCUT2D eigenvalue weighted by molar-refractivity contribution is -0.109. The predicted molar refractivity (Wildman–Crippen MR) is 115 cm³/mol. The Morgan fingerprint density at radius 2 is 2.07 bits per heavy atom. The van der Waals surface area contributed by atoms with Gasteiger partial charge in [0.15, 0.2) is 0 Å². The molecular formula is C21H24F2N4OS. The van der Waals surface area contributed by atoms with Crippen molar-refractivity contribution in [3.63, 3.8) is 0 Å². The van der Waals surface area contributed by atoms with Gasteiger partial charge in [-0.2, -0.15) is 0 Å². The van der Waals surface area contributed by atoms with Crippen LogP contribution in [-0.4, -0.2) is 41.4 Å². The first-order valence-corrected chi connectivity index (χ1v) is 10.1. The number of nitrogens with two attached hydrogens (primary N) is 1. The van der Waals surface area contributed by atoms with Crippen LogP contribution in [0.15, 0.2) is 29.4 Å². The fraction of sp³-hybridized carbons (Fsp3) is 0.381. The molecule has 0 saturated heterocycles. The summed E-state index contributed by atoms with van der Waals surface area (Å²) in [6, 6.07) is 5.93. The summed E-state index contributed by atoms with van der Waals surface area (Å²) in [4.78, 5) is 15.1. The summed E-state index contributed by atoms with van der Waals surface area (Å²) in [6.07, 6.45) is 4.08. The molecule has 3 aromatic heterocycles. The van der Waals surface area contributed by atoms with E-state index in [0.717, 1.165) is 44.6 Å². The fourth-order valence-corrected chi connectivity index (χ4v) is 4.86. The Bertz CT molecular complexity index is 1040. The Morgan fingerprint density at radius 1 is 1.34 bits per heavy atom. The molecule has 0 aromatic carbocycles. The van der Waals surface area contributed by atoms with Crippen molar-refractivity contribution in [3.05, 3.63) is 40.4 Å². The fourth-order valence-electron chi connectivity index (χ4n) is 3.57. The Balaban J connectivity index is 0.00000117. The molecular weight excluding hydrogens is 394 g/mol. The molecule has 0 atom stereocenters. The van der Waals surface area contributed by atoms with Gasteiger partial charge in [0, 0.05) is 60.8 Å². The van der Waals surface area contributed by atoms with Crippen LogP contribution in [0.4, 0.5) is 14.6 Å². The lowest BCUT2D eigenvalue weighted by Gasteiger charge is -2.34. The van der Waals surface area contributed by atoms with E-state index in [-0.39, 0.29) is 18.8 Å². The van der Waals surface area contributed by atoms with E-state index in [9.17, 15) is 8.78 Å². The quantitative estimate of drug-likeness (QED) is 0.611. The van der Waals surface area contributed by atoms with Gasteiger partial charge in [0.25, 0.3) is 0 Å². The molecule has 1 aliphatic carbocycles. The minimum absolute atomic E-state index is 0.00176. The Kier molecular flexibility index (Phi) is 6.24. The highest BCUT2D eigenvalue weighted by Crippen LogP contribution is 2.45.